The molecule has 0 saturated carbocycles. The van der Waals surface area contributed by atoms with E-state index in [2.05, 4.69) is 62.3 Å². The molecule has 224 valence electrons. The smallest absolute Gasteiger partial charge is 0.386 e. The van der Waals surface area contributed by atoms with Crippen molar-refractivity contribution in [2.45, 2.75) is 170 Å². The van der Waals surface area contributed by atoms with Gasteiger partial charge in [-0.25, -0.2) is 0 Å². The van der Waals surface area contributed by atoms with Crippen molar-refractivity contribution in [2.24, 2.45) is 0 Å². The van der Waals surface area contributed by atoms with Gasteiger partial charge in [0.15, 0.2) is 0 Å². The minimum absolute atomic E-state index is 0.172. The molecule has 0 spiro atoms. The number of unbranched alkanes of at least 4 members (excludes halogenated alkanes) is 10. The second-order valence-electron chi connectivity index (χ2n) is 10.8. The molecule has 0 heterocycles. The third-order valence-electron chi connectivity index (χ3n) is 7.85. The SMILES string of the molecule is CCCCCCCC(OB(OCCCC)OCCCC)C(C)[N+](CC)(CC)CCCCCC.[CH2-]CCC. The minimum Gasteiger partial charge on any atom is -0.386 e. The second kappa shape index (κ2) is 28.9. The van der Waals surface area contributed by atoms with Crippen LogP contribution in [0.25, 0.3) is 0 Å². The Kier molecular flexibility index (Phi) is 30.5. The summed E-state index contributed by atoms with van der Waals surface area (Å²) in [7, 11) is -0.526. The van der Waals surface area contributed by atoms with Gasteiger partial charge in [-0.1, -0.05) is 98.8 Å². The topological polar surface area (TPSA) is 27.7 Å². The molecule has 0 bridgehead atoms. The fourth-order valence-electron chi connectivity index (χ4n) is 4.81. The Balaban J connectivity index is 0. The van der Waals surface area contributed by atoms with Crippen LogP contribution in [-0.4, -0.2) is 56.8 Å². The van der Waals surface area contributed by atoms with Gasteiger partial charge in [-0.05, 0) is 52.9 Å². The average molecular weight is 528 g/mol. The predicted molar refractivity (Wildman–Crippen MR) is 166 cm³/mol. The standard InChI is InChI=1S/C28H61BNO3.C4H9/c1-8-14-18-20-21-23-28(33-29(31-25-16-10-3)32-26-17-11-4)27(7)30(12-5,13-6)24-22-19-15-9-2;1-3-4-2/h27-28H,8-26H2,1-7H3;1,3-4H2,2H3/q+1;-1. The van der Waals surface area contributed by atoms with Crippen LogP contribution in [0.1, 0.15) is 158 Å². The maximum absolute atomic E-state index is 6.69. The number of likely N-dealkylation sites (N-methyl/N-ethyl adjacent to an activating group) is 1. The van der Waals surface area contributed by atoms with Crippen LogP contribution in [-0.2, 0) is 14.0 Å². The summed E-state index contributed by atoms with van der Waals surface area (Å²) in [5.41, 5.74) is 0. The molecule has 0 aromatic carbocycles. The van der Waals surface area contributed by atoms with Gasteiger partial charge in [0.2, 0.25) is 0 Å². The van der Waals surface area contributed by atoms with Crippen LogP contribution in [0.3, 0.4) is 0 Å². The highest BCUT2D eigenvalue weighted by atomic mass is 16.7. The number of hydrogen-bond acceptors (Lipinski definition) is 3. The zero-order chi connectivity index (χ0) is 28.2. The van der Waals surface area contributed by atoms with Crippen LogP contribution in [0.15, 0.2) is 0 Å². The van der Waals surface area contributed by atoms with Crippen molar-refractivity contribution >= 4 is 7.32 Å². The highest BCUT2D eigenvalue weighted by Gasteiger charge is 2.39. The lowest BCUT2D eigenvalue weighted by Gasteiger charge is -2.46. The van der Waals surface area contributed by atoms with E-state index in [1.54, 1.807) is 0 Å². The Morgan fingerprint density at radius 3 is 1.51 bits per heavy atom. The van der Waals surface area contributed by atoms with Gasteiger partial charge < -0.3 is 25.4 Å². The van der Waals surface area contributed by atoms with Gasteiger partial charge in [0.05, 0.1) is 25.7 Å². The third-order valence-corrected chi connectivity index (χ3v) is 7.85. The number of rotatable bonds is 26. The van der Waals surface area contributed by atoms with Crippen molar-refractivity contribution in [1.29, 1.82) is 0 Å². The molecule has 4 nitrogen and oxygen atoms in total. The molecule has 0 radical (unpaired) electrons. The molecule has 0 aromatic heterocycles. The first-order chi connectivity index (χ1) is 18.0. The predicted octanol–water partition coefficient (Wildman–Crippen LogP) is 9.80. The van der Waals surface area contributed by atoms with E-state index in [0.29, 0.717) is 19.3 Å². The summed E-state index contributed by atoms with van der Waals surface area (Å²) in [5.74, 6) is 0. The molecule has 2 atom stereocenters. The summed E-state index contributed by atoms with van der Waals surface area (Å²) < 4.78 is 20.0. The fourth-order valence-corrected chi connectivity index (χ4v) is 4.81. The monoisotopic (exact) mass is 528 g/mol. The summed E-state index contributed by atoms with van der Waals surface area (Å²) in [6.07, 6.45) is 19.7. The Bertz CT molecular complexity index is 422. The van der Waals surface area contributed by atoms with Crippen molar-refractivity contribution in [1.82, 2.24) is 0 Å². The zero-order valence-electron chi connectivity index (χ0n) is 27.0. The average Bonchev–Trinajstić information content (AvgIpc) is 2.92. The first-order valence-electron chi connectivity index (χ1n) is 16.5. The largest absolute Gasteiger partial charge is 0.639 e. The highest BCUT2D eigenvalue weighted by Crippen LogP contribution is 2.25. The van der Waals surface area contributed by atoms with Crippen LogP contribution in [0.5, 0.6) is 0 Å². The molecule has 0 fully saturated rings. The Morgan fingerprint density at radius 2 is 1.08 bits per heavy atom. The van der Waals surface area contributed by atoms with Gasteiger partial charge in [0, 0.05) is 13.2 Å². The molecular weight excluding hydrogens is 457 g/mol. The maximum Gasteiger partial charge on any atom is 0.639 e. The third kappa shape index (κ3) is 20.5. The van der Waals surface area contributed by atoms with Crippen molar-refractivity contribution in [3.05, 3.63) is 6.92 Å². The lowest BCUT2D eigenvalue weighted by atomic mass is 9.98. The van der Waals surface area contributed by atoms with E-state index >= 15 is 0 Å². The second-order valence-corrected chi connectivity index (χ2v) is 10.8. The van der Waals surface area contributed by atoms with E-state index in [9.17, 15) is 0 Å². The summed E-state index contributed by atoms with van der Waals surface area (Å²) in [6, 6.07) is 0.444. The zero-order valence-corrected chi connectivity index (χ0v) is 27.0. The van der Waals surface area contributed by atoms with Crippen LogP contribution in [0, 0.1) is 6.92 Å². The summed E-state index contributed by atoms with van der Waals surface area (Å²) in [6.45, 7) is 26.9. The van der Waals surface area contributed by atoms with Crippen molar-refractivity contribution in [3.8, 4) is 0 Å². The molecular formula is C32H70BNO3. The summed E-state index contributed by atoms with van der Waals surface area (Å²) in [4.78, 5) is 0. The molecule has 37 heavy (non-hydrogen) atoms. The number of hydrogen-bond donors (Lipinski definition) is 0. The van der Waals surface area contributed by atoms with Crippen LogP contribution in [0.2, 0.25) is 0 Å². The quantitative estimate of drug-likeness (QED) is 0.0485. The lowest BCUT2D eigenvalue weighted by Crippen LogP contribution is -2.60. The molecule has 2 unspecified atom stereocenters. The normalized spacial score (nSPS) is 13.2. The first kappa shape index (κ1) is 39.0. The van der Waals surface area contributed by atoms with E-state index in [4.69, 9.17) is 14.0 Å². The molecule has 0 amide bonds. The Hall–Kier alpha value is -0.0951. The Morgan fingerprint density at radius 1 is 0.622 bits per heavy atom. The van der Waals surface area contributed by atoms with Crippen LogP contribution in [0.4, 0.5) is 0 Å². The lowest BCUT2D eigenvalue weighted by molar-refractivity contribution is -0.949. The van der Waals surface area contributed by atoms with Crippen LogP contribution >= 0.6 is 0 Å². The maximum atomic E-state index is 6.69. The molecule has 0 N–H and O–H groups in total. The van der Waals surface area contributed by atoms with E-state index in [-0.39, 0.29) is 6.10 Å². The summed E-state index contributed by atoms with van der Waals surface area (Å²) in [5, 5.41) is 0. The van der Waals surface area contributed by atoms with Crippen molar-refractivity contribution in [3.63, 3.8) is 0 Å². The van der Waals surface area contributed by atoms with Gasteiger partial charge in [0.1, 0.15) is 6.04 Å². The van der Waals surface area contributed by atoms with E-state index < -0.39 is 7.32 Å². The van der Waals surface area contributed by atoms with Gasteiger partial charge >= 0.3 is 7.32 Å². The molecule has 0 rings (SSSR count). The van der Waals surface area contributed by atoms with Crippen LogP contribution < -0.4 is 0 Å². The molecule has 5 heteroatoms. The minimum atomic E-state index is -0.526. The van der Waals surface area contributed by atoms with E-state index in [0.717, 1.165) is 56.1 Å². The van der Waals surface area contributed by atoms with Gasteiger partial charge in [-0.15, -0.1) is 0 Å². The molecule has 0 aliphatic rings. The van der Waals surface area contributed by atoms with E-state index in [1.165, 1.54) is 70.8 Å². The fraction of sp³-hybridized carbons (Fsp3) is 0.969. The number of nitrogens with zero attached hydrogens (tertiary/aromatic N) is 1. The molecule has 0 aliphatic carbocycles. The van der Waals surface area contributed by atoms with Gasteiger partial charge in [-0.2, -0.15) is 6.42 Å². The molecule has 0 saturated heterocycles. The first-order valence-corrected chi connectivity index (χ1v) is 16.5. The number of quaternary nitrogens is 1. The molecule has 0 aliphatic heterocycles. The van der Waals surface area contributed by atoms with Gasteiger partial charge in [0.25, 0.3) is 0 Å². The highest BCUT2D eigenvalue weighted by molar-refractivity contribution is 6.36. The van der Waals surface area contributed by atoms with Crippen molar-refractivity contribution < 1.29 is 18.4 Å². The Labute approximate surface area is 235 Å². The van der Waals surface area contributed by atoms with Gasteiger partial charge in [-0.3, -0.25) is 0 Å². The van der Waals surface area contributed by atoms with E-state index in [1.807, 2.05) is 0 Å². The summed E-state index contributed by atoms with van der Waals surface area (Å²) >= 11 is 0. The van der Waals surface area contributed by atoms with Crippen molar-refractivity contribution in [2.75, 3.05) is 32.8 Å². The molecule has 0 aromatic rings.